The predicted octanol–water partition coefficient (Wildman–Crippen LogP) is 2.78. The van der Waals surface area contributed by atoms with Crippen LogP contribution in [0.1, 0.15) is 26.2 Å². The molecule has 0 spiro atoms. The molecule has 2 N–H and O–H groups in total. The Morgan fingerprint density at radius 2 is 1.85 bits per heavy atom. The van der Waals surface area contributed by atoms with Gasteiger partial charge in [-0.15, -0.1) is 24.0 Å². The third-order valence-corrected chi connectivity index (χ3v) is 3.63. The van der Waals surface area contributed by atoms with Crippen LogP contribution in [0, 0.1) is 0 Å². The number of hydrogen-bond donors (Lipinski definition) is 2. The highest BCUT2D eigenvalue weighted by Crippen LogP contribution is 2.34. The lowest BCUT2D eigenvalue weighted by Crippen LogP contribution is -2.39. The lowest BCUT2D eigenvalue weighted by molar-refractivity contribution is 0.129. The lowest BCUT2D eigenvalue weighted by Gasteiger charge is -2.12. The highest BCUT2D eigenvalue weighted by atomic mass is 127. The summed E-state index contributed by atoms with van der Waals surface area (Å²) >= 11 is 0. The first-order chi connectivity index (χ1) is 12.3. The Hall–Kier alpha value is -1.42. The van der Waals surface area contributed by atoms with Crippen LogP contribution in [-0.2, 0) is 4.74 Å². The van der Waals surface area contributed by atoms with Crippen molar-refractivity contribution in [1.29, 1.82) is 0 Å². The van der Waals surface area contributed by atoms with Crippen molar-refractivity contribution in [3.8, 4) is 17.2 Å². The lowest BCUT2D eigenvalue weighted by atomic mass is 10.3. The van der Waals surface area contributed by atoms with Gasteiger partial charge in [0, 0.05) is 32.9 Å². The van der Waals surface area contributed by atoms with Crippen LogP contribution >= 0.6 is 24.0 Å². The van der Waals surface area contributed by atoms with Crippen LogP contribution in [0.15, 0.2) is 23.2 Å². The molecule has 8 heteroatoms. The molecule has 26 heavy (non-hydrogen) atoms. The van der Waals surface area contributed by atoms with Crippen molar-refractivity contribution >= 4 is 29.9 Å². The second kappa shape index (κ2) is 13.7. The molecule has 1 aliphatic rings. The first-order valence-electron chi connectivity index (χ1n) is 8.88. The zero-order chi connectivity index (χ0) is 17.7. The Morgan fingerprint density at radius 1 is 1.08 bits per heavy atom. The van der Waals surface area contributed by atoms with Gasteiger partial charge in [0.15, 0.2) is 17.5 Å². The van der Waals surface area contributed by atoms with Crippen LogP contribution in [0.4, 0.5) is 0 Å². The number of fused-ring (bicyclic) bond motifs is 1. The molecule has 0 bridgehead atoms. The number of nitrogens with one attached hydrogen (secondary N) is 2. The summed E-state index contributed by atoms with van der Waals surface area (Å²) in [5.41, 5.74) is 0. The van der Waals surface area contributed by atoms with Gasteiger partial charge in [-0.3, -0.25) is 4.99 Å². The van der Waals surface area contributed by atoms with E-state index in [1.165, 1.54) is 6.42 Å². The summed E-state index contributed by atoms with van der Waals surface area (Å²) in [6.45, 7) is 6.07. The quantitative estimate of drug-likeness (QED) is 0.220. The van der Waals surface area contributed by atoms with Gasteiger partial charge in [-0.25, -0.2) is 0 Å². The minimum atomic E-state index is 0. The SMILES string of the molecule is CCCCOCCCNC(=NC)NCCOc1ccc2c(c1)OCO2.I. The summed E-state index contributed by atoms with van der Waals surface area (Å²) in [6, 6.07) is 5.57. The standard InChI is InChI=1S/C18H29N3O4.HI/c1-3-4-10-22-11-5-8-20-18(19-2)21-9-12-23-15-6-7-16-17(13-15)25-14-24-16;/h6-7,13H,3-5,8-12,14H2,1-2H3,(H2,19,20,21);1H. The maximum atomic E-state index is 5.71. The van der Waals surface area contributed by atoms with E-state index in [1.54, 1.807) is 7.05 Å². The monoisotopic (exact) mass is 479 g/mol. The number of halogens is 1. The molecule has 0 saturated carbocycles. The van der Waals surface area contributed by atoms with Gasteiger partial charge in [0.25, 0.3) is 0 Å². The molecule has 1 aliphatic heterocycles. The molecule has 148 valence electrons. The Balaban J connectivity index is 0.00000338. The van der Waals surface area contributed by atoms with Crippen molar-refractivity contribution in [3.63, 3.8) is 0 Å². The number of hydrogen-bond acceptors (Lipinski definition) is 5. The Morgan fingerprint density at radius 3 is 2.65 bits per heavy atom. The number of aliphatic imine (C=N–C) groups is 1. The molecule has 0 radical (unpaired) electrons. The van der Waals surface area contributed by atoms with Crippen LogP contribution in [0.2, 0.25) is 0 Å². The predicted molar refractivity (Wildman–Crippen MR) is 113 cm³/mol. The molecular weight excluding hydrogens is 449 g/mol. The van der Waals surface area contributed by atoms with Crippen LogP contribution in [0.3, 0.4) is 0 Å². The van der Waals surface area contributed by atoms with Gasteiger partial charge in [0.2, 0.25) is 6.79 Å². The summed E-state index contributed by atoms with van der Waals surface area (Å²) in [5, 5.41) is 6.48. The number of rotatable bonds is 11. The van der Waals surface area contributed by atoms with Crippen LogP contribution < -0.4 is 24.8 Å². The average molecular weight is 479 g/mol. The van der Waals surface area contributed by atoms with Crippen molar-refractivity contribution in [1.82, 2.24) is 10.6 Å². The first-order valence-corrected chi connectivity index (χ1v) is 8.88. The van der Waals surface area contributed by atoms with Crippen molar-refractivity contribution in [2.75, 3.05) is 46.8 Å². The Bertz CT molecular complexity index is 543. The Labute approximate surface area is 172 Å². The molecule has 0 saturated heterocycles. The maximum Gasteiger partial charge on any atom is 0.231 e. The first kappa shape index (κ1) is 22.6. The number of benzene rings is 1. The van der Waals surface area contributed by atoms with Gasteiger partial charge in [-0.2, -0.15) is 0 Å². The molecule has 0 aliphatic carbocycles. The zero-order valence-corrected chi connectivity index (χ0v) is 17.9. The molecule has 0 fully saturated rings. The molecule has 2 rings (SSSR count). The Kier molecular flexibility index (Phi) is 12.0. The minimum absolute atomic E-state index is 0. The third-order valence-electron chi connectivity index (χ3n) is 3.63. The molecule has 0 unspecified atom stereocenters. The largest absolute Gasteiger partial charge is 0.492 e. The maximum absolute atomic E-state index is 5.71. The van der Waals surface area contributed by atoms with Gasteiger partial charge in [0.1, 0.15) is 12.4 Å². The van der Waals surface area contributed by atoms with Crippen LogP contribution in [0.5, 0.6) is 17.2 Å². The van der Waals surface area contributed by atoms with Gasteiger partial charge < -0.3 is 29.6 Å². The van der Waals surface area contributed by atoms with E-state index in [4.69, 9.17) is 18.9 Å². The summed E-state index contributed by atoms with van der Waals surface area (Å²) in [7, 11) is 1.76. The molecule has 1 aromatic carbocycles. The van der Waals surface area contributed by atoms with E-state index in [0.717, 1.165) is 55.8 Å². The summed E-state index contributed by atoms with van der Waals surface area (Å²) in [5.74, 6) is 3.01. The van der Waals surface area contributed by atoms with E-state index in [0.29, 0.717) is 13.2 Å². The van der Waals surface area contributed by atoms with Gasteiger partial charge in [0.05, 0.1) is 6.54 Å². The minimum Gasteiger partial charge on any atom is -0.492 e. The van der Waals surface area contributed by atoms with E-state index >= 15 is 0 Å². The summed E-state index contributed by atoms with van der Waals surface area (Å²) in [4.78, 5) is 4.19. The number of unbranched alkanes of at least 4 members (excludes halogenated alkanes) is 1. The van der Waals surface area contributed by atoms with Gasteiger partial charge in [-0.05, 0) is 25.0 Å². The molecule has 1 aromatic rings. The molecule has 0 amide bonds. The van der Waals surface area contributed by atoms with Gasteiger partial charge >= 0.3 is 0 Å². The fourth-order valence-electron chi connectivity index (χ4n) is 2.26. The molecule has 0 atom stereocenters. The molecular formula is C18H30IN3O4. The number of guanidine groups is 1. The van der Waals surface area contributed by atoms with E-state index in [1.807, 2.05) is 18.2 Å². The third kappa shape index (κ3) is 8.31. The normalized spacial score (nSPS) is 12.5. The molecule has 0 aromatic heterocycles. The fourth-order valence-corrected chi connectivity index (χ4v) is 2.26. The number of nitrogens with zero attached hydrogens (tertiary/aromatic N) is 1. The summed E-state index contributed by atoms with van der Waals surface area (Å²) in [6.07, 6.45) is 3.25. The average Bonchev–Trinajstić information content (AvgIpc) is 3.10. The fraction of sp³-hybridized carbons (Fsp3) is 0.611. The summed E-state index contributed by atoms with van der Waals surface area (Å²) < 4.78 is 21.8. The second-order valence-electron chi connectivity index (χ2n) is 5.61. The van der Waals surface area contributed by atoms with Crippen molar-refractivity contribution in [2.24, 2.45) is 4.99 Å². The highest BCUT2D eigenvalue weighted by molar-refractivity contribution is 14.0. The van der Waals surface area contributed by atoms with Gasteiger partial charge in [-0.1, -0.05) is 13.3 Å². The van der Waals surface area contributed by atoms with E-state index in [-0.39, 0.29) is 30.8 Å². The van der Waals surface area contributed by atoms with Crippen LogP contribution in [-0.4, -0.2) is 52.7 Å². The second-order valence-corrected chi connectivity index (χ2v) is 5.61. The smallest absolute Gasteiger partial charge is 0.231 e. The molecule has 1 heterocycles. The molecule has 7 nitrogen and oxygen atoms in total. The number of ether oxygens (including phenoxy) is 4. The van der Waals surface area contributed by atoms with Crippen molar-refractivity contribution in [2.45, 2.75) is 26.2 Å². The topological polar surface area (TPSA) is 73.3 Å². The van der Waals surface area contributed by atoms with E-state index in [9.17, 15) is 0 Å². The van der Waals surface area contributed by atoms with Crippen LogP contribution in [0.25, 0.3) is 0 Å². The van der Waals surface area contributed by atoms with Crippen molar-refractivity contribution < 1.29 is 18.9 Å². The van der Waals surface area contributed by atoms with Crippen molar-refractivity contribution in [3.05, 3.63) is 18.2 Å². The zero-order valence-electron chi connectivity index (χ0n) is 15.6. The van der Waals surface area contributed by atoms with E-state index < -0.39 is 0 Å². The van der Waals surface area contributed by atoms with E-state index in [2.05, 4.69) is 22.5 Å². The highest BCUT2D eigenvalue weighted by Gasteiger charge is 2.13.